The molecule has 1 heterocycles. The van der Waals surface area contributed by atoms with Gasteiger partial charge in [0.05, 0.1) is 18.6 Å². The molecule has 2 rings (SSSR count). The van der Waals surface area contributed by atoms with Crippen molar-refractivity contribution in [3.63, 3.8) is 0 Å². The molecule has 0 aliphatic heterocycles. The minimum Gasteiger partial charge on any atom is -0.501 e. The predicted molar refractivity (Wildman–Crippen MR) is 100.0 cm³/mol. The Labute approximate surface area is 150 Å². The zero-order chi connectivity index (χ0) is 18.4. The number of hydrogen-bond donors (Lipinski definition) is 1. The molecule has 0 aromatic carbocycles. The summed E-state index contributed by atoms with van der Waals surface area (Å²) in [6, 6.07) is 2.04. The van der Waals surface area contributed by atoms with Gasteiger partial charge < -0.3 is 10.1 Å². The summed E-state index contributed by atoms with van der Waals surface area (Å²) in [6.45, 7) is 6.54. The number of nitrogens with zero attached hydrogens (tertiary/aromatic N) is 2. The van der Waals surface area contributed by atoms with Crippen LogP contribution >= 0.6 is 0 Å². The van der Waals surface area contributed by atoms with E-state index in [1.54, 1.807) is 7.11 Å². The van der Waals surface area contributed by atoms with Crippen molar-refractivity contribution in [3.8, 4) is 0 Å². The summed E-state index contributed by atoms with van der Waals surface area (Å²) in [5.74, 6) is 1.01. The Hall–Kier alpha value is -2.30. The number of nitrogens with one attached hydrogen (secondary N) is 1. The first-order valence-electron chi connectivity index (χ1n) is 8.70. The number of amides is 1. The molecule has 1 aromatic rings. The zero-order valence-electron chi connectivity index (χ0n) is 15.9. The van der Waals surface area contributed by atoms with Crippen molar-refractivity contribution in [2.45, 2.75) is 40.0 Å². The molecule has 1 amide bonds. The quantitative estimate of drug-likeness (QED) is 0.827. The lowest BCUT2D eigenvalue weighted by molar-refractivity contribution is -0.129. The van der Waals surface area contributed by atoms with Crippen molar-refractivity contribution < 1.29 is 9.53 Å². The standard InChI is InChI=1S/C20H29N3O2/c1-15-13-17(23(4)22-15)14-20(2,3)19(24)21-12-11-16-7-6-8-18(25-5)10-9-16/h6-7,9-10,13H,8,11-12,14H2,1-5H3,(H,21,24). The molecule has 1 aliphatic rings. The highest BCUT2D eigenvalue weighted by molar-refractivity contribution is 5.82. The van der Waals surface area contributed by atoms with Gasteiger partial charge in [0.25, 0.3) is 0 Å². The van der Waals surface area contributed by atoms with Crippen molar-refractivity contribution in [2.75, 3.05) is 13.7 Å². The van der Waals surface area contributed by atoms with Crippen LogP contribution in [-0.2, 0) is 23.0 Å². The average molecular weight is 343 g/mol. The molecule has 0 spiro atoms. The third-order valence-electron chi connectivity index (χ3n) is 4.43. The van der Waals surface area contributed by atoms with Crippen molar-refractivity contribution in [1.82, 2.24) is 15.1 Å². The third-order valence-corrected chi connectivity index (χ3v) is 4.43. The average Bonchev–Trinajstić information content (AvgIpc) is 2.75. The van der Waals surface area contributed by atoms with Crippen LogP contribution < -0.4 is 5.32 Å². The lowest BCUT2D eigenvalue weighted by Gasteiger charge is -2.23. The fraction of sp³-hybridized carbons (Fsp3) is 0.500. The number of carbonyl (C=O) groups excluding carboxylic acids is 1. The van der Waals surface area contributed by atoms with Crippen LogP contribution in [0.2, 0.25) is 0 Å². The van der Waals surface area contributed by atoms with Crippen LogP contribution in [0.1, 0.15) is 38.1 Å². The molecule has 0 bridgehead atoms. The van der Waals surface area contributed by atoms with Crippen LogP contribution in [-0.4, -0.2) is 29.3 Å². The number of methoxy groups -OCH3 is 1. The second-order valence-corrected chi connectivity index (χ2v) is 7.15. The van der Waals surface area contributed by atoms with Gasteiger partial charge in [0, 0.05) is 37.5 Å². The number of aromatic nitrogens is 2. The highest BCUT2D eigenvalue weighted by Gasteiger charge is 2.28. The Balaban J connectivity index is 1.87. The van der Waals surface area contributed by atoms with E-state index < -0.39 is 5.41 Å². The van der Waals surface area contributed by atoms with Gasteiger partial charge in [-0.1, -0.05) is 32.1 Å². The topological polar surface area (TPSA) is 56.1 Å². The molecule has 0 saturated carbocycles. The summed E-state index contributed by atoms with van der Waals surface area (Å²) in [5.41, 5.74) is 2.76. The van der Waals surface area contributed by atoms with Crippen LogP contribution in [0.5, 0.6) is 0 Å². The zero-order valence-corrected chi connectivity index (χ0v) is 15.9. The van der Waals surface area contributed by atoms with Crippen molar-refractivity contribution in [1.29, 1.82) is 0 Å². The molecule has 5 nitrogen and oxygen atoms in total. The number of aryl methyl sites for hydroxylation is 2. The van der Waals surface area contributed by atoms with E-state index in [1.165, 1.54) is 5.57 Å². The van der Waals surface area contributed by atoms with E-state index in [4.69, 9.17) is 4.74 Å². The van der Waals surface area contributed by atoms with E-state index in [0.29, 0.717) is 13.0 Å². The lowest BCUT2D eigenvalue weighted by atomic mass is 9.86. The molecule has 5 heteroatoms. The van der Waals surface area contributed by atoms with Crippen LogP contribution in [0.3, 0.4) is 0 Å². The van der Waals surface area contributed by atoms with Gasteiger partial charge in [-0.2, -0.15) is 5.10 Å². The van der Waals surface area contributed by atoms with E-state index in [9.17, 15) is 4.79 Å². The van der Waals surface area contributed by atoms with Gasteiger partial charge in [-0.15, -0.1) is 0 Å². The molecule has 0 radical (unpaired) electrons. The monoisotopic (exact) mass is 343 g/mol. The Morgan fingerprint density at radius 3 is 2.80 bits per heavy atom. The minimum atomic E-state index is -0.475. The highest BCUT2D eigenvalue weighted by Crippen LogP contribution is 2.22. The smallest absolute Gasteiger partial charge is 0.226 e. The van der Waals surface area contributed by atoms with E-state index in [0.717, 1.165) is 30.0 Å². The van der Waals surface area contributed by atoms with E-state index in [2.05, 4.69) is 28.6 Å². The summed E-state index contributed by atoms with van der Waals surface area (Å²) in [5, 5.41) is 7.42. The SMILES string of the molecule is COC1=CC=C(CCNC(=O)C(C)(C)Cc2cc(C)nn2C)C=CC1. The van der Waals surface area contributed by atoms with E-state index in [-0.39, 0.29) is 5.91 Å². The molecule has 1 aliphatic carbocycles. The molecule has 136 valence electrons. The van der Waals surface area contributed by atoms with Crippen LogP contribution in [0.4, 0.5) is 0 Å². The second kappa shape index (κ2) is 8.19. The summed E-state index contributed by atoms with van der Waals surface area (Å²) in [4.78, 5) is 12.6. The summed E-state index contributed by atoms with van der Waals surface area (Å²) < 4.78 is 7.12. The molecule has 0 unspecified atom stereocenters. The summed E-state index contributed by atoms with van der Waals surface area (Å²) in [7, 11) is 3.60. The Kier molecular flexibility index (Phi) is 6.23. The van der Waals surface area contributed by atoms with Gasteiger partial charge in [-0.05, 0) is 31.1 Å². The minimum absolute atomic E-state index is 0.0673. The lowest BCUT2D eigenvalue weighted by Crippen LogP contribution is -2.39. The first kappa shape index (κ1) is 19.0. The maximum absolute atomic E-state index is 12.6. The number of allylic oxidation sites excluding steroid dienone is 4. The van der Waals surface area contributed by atoms with Gasteiger partial charge in [0.15, 0.2) is 0 Å². The number of rotatable bonds is 7. The normalized spacial score (nSPS) is 14.6. The fourth-order valence-corrected chi connectivity index (χ4v) is 2.89. The number of ether oxygens (including phenoxy) is 1. The van der Waals surface area contributed by atoms with Gasteiger partial charge >= 0.3 is 0 Å². The predicted octanol–water partition coefficient (Wildman–Crippen LogP) is 3.22. The van der Waals surface area contributed by atoms with E-state index >= 15 is 0 Å². The van der Waals surface area contributed by atoms with Crippen molar-refractivity contribution >= 4 is 5.91 Å². The first-order chi connectivity index (χ1) is 11.8. The maximum atomic E-state index is 12.6. The summed E-state index contributed by atoms with van der Waals surface area (Å²) >= 11 is 0. The number of carbonyl (C=O) groups is 1. The van der Waals surface area contributed by atoms with Crippen molar-refractivity contribution in [2.24, 2.45) is 12.5 Å². The summed E-state index contributed by atoms with van der Waals surface area (Å²) in [6.07, 6.45) is 10.5. The van der Waals surface area contributed by atoms with Crippen LogP contribution in [0, 0.1) is 12.3 Å². The van der Waals surface area contributed by atoms with Gasteiger partial charge in [0.1, 0.15) is 0 Å². The molecule has 1 N–H and O–H groups in total. The molecule has 0 fully saturated rings. The number of hydrogen-bond acceptors (Lipinski definition) is 3. The maximum Gasteiger partial charge on any atom is 0.226 e. The Bertz CT molecular complexity index is 709. The first-order valence-corrected chi connectivity index (χ1v) is 8.70. The van der Waals surface area contributed by atoms with Gasteiger partial charge in [-0.25, -0.2) is 0 Å². The van der Waals surface area contributed by atoms with Crippen LogP contribution in [0.25, 0.3) is 0 Å². The third kappa shape index (κ3) is 5.34. The molecule has 1 aromatic heterocycles. The second-order valence-electron chi connectivity index (χ2n) is 7.15. The fourth-order valence-electron chi connectivity index (χ4n) is 2.89. The highest BCUT2D eigenvalue weighted by atomic mass is 16.5. The molecular formula is C20H29N3O2. The van der Waals surface area contributed by atoms with Gasteiger partial charge in [0.2, 0.25) is 5.91 Å². The largest absolute Gasteiger partial charge is 0.501 e. The van der Waals surface area contributed by atoms with Crippen LogP contribution in [0.15, 0.2) is 41.7 Å². The molecule has 0 atom stereocenters. The van der Waals surface area contributed by atoms with E-state index in [1.807, 2.05) is 44.6 Å². The Morgan fingerprint density at radius 1 is 1.40 bits per heavy atom. The molecular weight excluding hydrogens is 314 g/mol. The van der Waals surface area contributed by atoms with Gasteiger partial charge in [-0.3, -0.25) is 9.48 Å². The molecule has 0 saturated heterocycles. The molecule has 25 heavy (non-hydrogen) atoms. The Morgan fingerprint density at radius 2 is 2.16 bits per heavy atom. The van der Waals surface area contributed by atoms with Crippen molar-refractivity contribution in [3.05, 3.63) is 53.1 Å².